The van der Waals surface area contributed by atoms with Crippen molar-refractivity contribution in [2.75, 3.05) is 0 Å². The minimum atomic E-state index is -0.437. The van der Waals surface area contributed by atoms with Gasteiger partial charge in [-0.05, 0) is 29.8 Å². The molecule has 0 aromatic heterocycles. The van der Waals surface area contributed by atoms with Gasteiger partial charge < -0.3 is 9.84 Å². The number of ether oxygens (including phenoxy) is 1. The molecule has 0 aliphatic heterocycles. The Morgan fingerprint density at radius 1 is 1.16 bits per heavy atom. The Labute approximate surface area is 110 Å². The maximum absolute atomic E-state index is 13.0. The second-order valence-electron chi connectivity index (χ2n) is 4.00. The first-order valence-corrected chi connectivity index (χ1v) is 5.74. The molecule has 0 saturated carbocycles. The highest BCUT2D eigenvalue weighted by molar-refractivity contribution is 5.38. The van der Waals surface area contributed by atoms with Crippen molar-refractivity contribution in [3.05, 3.63) is 65.0 Å². The van der Waals surface area contributed by atoms with E-state index in [2.05, 4.69) is 0 Å². The summed E-state index contributed by atoms with van der Waals surface area (Å²) in [6, 6.07) is 12.9. The second-order valence-corrected chi connectivity index (χ2v) is 4.00. The van der Waals surface area contributed by atoms with E-state index in [1.54, 1.807) is 24.3 Å². The van der Waals surface area contributed by atoms with Crippen LogP contribution in [-0.4, -0.2) is 5.11 Å². The summed E-state index contributed by atoms with van der Waals surface area (Å²) in [7, 11) is 0. The van der Waals surface area contributed by atoms with E-state index in [0.717, 1.165) is 5.56 Å². The third kappa shape index (κ3) is 3.30. The van der Waals surface area contributed by atoms with Gasteiger partial charge in [0, 0.05) is 5.56 Å². The number of benzene rings is 2. The van der Waals surface area contributed by atoms with Crippen molar-refractivity contribution in [3.8, 4) is 11.8 Å². The number of nitrogens with zero attached hydrogens (tertiary/aromatic N) is 1. The molecule has 0 unspecified atom stereocenters. The van der Waals surface area contributed by atoms with Crippen molar-refractivity contribution in [3.63, 3.8) is 0 Å². The first-order chi connectivity index (χ1) is 9.22. The fourth-order valence-corrected chi connectivity index (χ4v) is 1.63. The number of nitriles is 1. The lowest BCUT2D eigenvalue weighted by molar-refractivity contribution is 0.280. The van der Waals surface area contributed by atoms with E-state index >= 15 is 0 Å². The molecule has 0 atom stereocenters. The number of halogens is 1. The molecule has 3 nitrogen and oxygen atoms in total. The van der Waals surface area contributed by atoms with Crippen molar-refractivity contribution in [2.24, 2.45) is 0 Å². The lowest BCUT2D eigenvalue weighted by Crippen LogP contribution is -1.99. The zero-order valence-corrected chi connectivity index (χ0v) is 10.1. The van der Waals surface area contributed by atoms with Gasteiger partial charge in [-0.15, -0.1) is 0 Å². The van der Waals surface area contributed by atoms with Crippen molar-refractivity contribution >= 4 is 0 Å². The van der Waals surface area contributed by atoms with Crippen LogP contribution in [0.4, 0.5) is 4.39 Å². The summed E-state index contributed by atoms with van der Waals surface area (Å²) < 4.78 is 18.5. The summed E-state index contributed by atoms with van der Waals surface area (Å²) >= 11 is 0. The van der Waals surface area contributed by atoms with Crippen LogP contribution in [0.5, 0.6) is 5.75 Å². The number of aliphatic hydroxyl groups excluding tert-OH is 1. The van der Waals surface area contributed by atoms with Gasteiger partial charge in [0.15, 0.2) is 0 Å². The van der Waals surface area contributed by atoms with Gasteiger partial charge in [-0.25, -0.2) is 4.39 Å². The number of hydrogen-bond donors (Lipinski definition) is 1. The van der Waals surface area contributed by atoms with Gasteiger partial charge in [0.1, 0.15) is 18.2 Å². The van der Waals surface area contributed by atoms with Crippen LogP contribution < -0.4 is 4.74 Å². The van der Waals surface area contributed by atoms with Crippen molar-refractivity contribution in [1.29, 1.82) is 5.26 Å². The van der Waals surface area contributed by atoms with Crippen LogP contribution in [-0.2, 0) is 13.2 Å². The molecule has 0 heterocycles. The molecule has 0 aliphatic carbocycles. The highest BCUT2D eigenvalue weighted by Gasteiger charge is 2.04. The van der Waals surface area contributed by atoms with Gasteiger partial charge in [-0.3, -0.25) is 0 Å². The van der Waals surface area contributed by atoms with Crippen LogP contribution in [0.2, 0.25) is 0 Å². The predicted octanol–water partition coefficient (Wildman–Crippen LogP) is 2.77. The third-order valence-electron chi connectivity index (χ3n) is 2.69. The topological polar surface area (TPSA) is 53.2 Å². The largest absolute Gasteiger partial charge is 0.489 e. The summed E-state index contributed by atoms with van der Waals surface area (Å²) in [5, 5.41) is 17.8. The van der Waals surface area contributed by atoms with E-state index in [0.29, 0.717) is 11.3 Å². The van der Waals surface area contributed by atoms with Crippen molar-refractivity contribution in [1.82, 2.24) is 0 Å². The van der Waals surface area contributed by atoms with Crippen LogP contribution in [0.3, 0.4) is 0 Å². The summed E-state index contributed by atoms with van der Waals surface area (Å²) in [6.45, 7) is 0.179. The first-order valence-electron chi connectivity index (χ1n) is 5.74. The van der Waals surface area contributed by atoms with E-state index in [4.69, 9.17) is 15.1 Å². The van der Waals surface area contributed by atoms with E-state index in [1.807, 2.05) is 6.07 Å². The number of rotatable bonds is 4. The predicted molar refractivity (Wildman–Crippen MR) is 67.8 cm³/mol. The van der Waals surface area contributed by atoms with Gasteiger partial charge in [0.05, 0.1) is 18.2 Å². The summed E-state index contributed by atoms with van der Waals surface area (Å²) in [5.74, 6) is 0.193. The maximum atomic E-state index is 13.0. The molecule has 96 valence electrons. The van der Waals surface area contributed by atoms with Crippen LogP contribution in [0.1, 0.15) is 16.7 Å². The van der Waals surface area contributed by atoms with Crippen molar-refractivity contribution in [2.45, 2.75) is 13.2 Å². The molecule has 2 aromatic carbocycles. The molecule has 0 amide bonds. The fraction of sp³-hybridized carbons (Fsp3) is 0.133. The zero-order valence-electron chi connectivity index (χ0n) is 10.1. The standard InChI is InChI=1S/C15H12FNO2/c16-14-4-3-12(13(7-14)8-17)10-19-15-5-1-11(9-18)2-6-15/h1-7,18H,9-10H2. The minimum absolute atomic E-state index is 0.0170. The Morgan fingerprint density at radius 2 is 1.89 bits per heavy atom. The van der Waals surface area contributed by atoms with Gasteiger partial charge in [0.2, 0.25) is 0 Å². The first kappa shape index (κ1) is 13.1. The lowest BCUT2D eigenvalue weighted by atomic mass is 10.1. The normalized spacial score (nSPS) is 9.95. The second kappa shape index (κ2) is 5.98. The maximum Gasteiger partial charge on any atom is 0.124 e. The van der Waals surface area contributed by atoms with Gasteiger partial charge in [-0.1, -0.05) is 18.2 Å². The average Bonchev–Trinajstić information content (AvgIpc) is 2.46. The molecular weight excluding hydrogens is 245 g/mol. The third-order valence-corrected chi connectivity index (χ3v) is 2.69. The molecule has 0 spiro atoms. The fourth-order valence-electron chi connectivity index (χ4n) is 1.63. The Bertz CT molecular complexity index is 603. The van der Waals surface area contributed by atoms with Gasteiger partial charge >= 0.3 is 0 Å². The molecule has 19 heavy (non-hydrogen) atoms. The average molecular weight is 257 g/mol. The molecule has 1 N–H and O–H groups in total. The summed E-state index contributed by atoms with van der Waals surface area (Å²) in [5.41, 5.74) is 1.70. The number of hydrogen-bond acceptors (Lipinski definition) is 3. The van der Waals surface area contributed by atoms with E-state index < -0.39 is 5.82 Å². The van der Waals surface area contributed by atoms with Crippen LogP contribution in [0, 0.1) is 17.1 Å². The highest BCUT2D eigenvalue weighted by atomic mass is 19.1. The molecule has 0 bridgehead atoms. The Kier molecular flexibility index (Phi) is 4.11. The molecule has 4 heteroatoms. The molecule has 0 fully saturated rings. The molecular formula is C15H12FNO2. The Balaban J connectivity index is 2.08. The van der Waals surface area contributed by atoms with Crippen LogP contribution >= 0.6 is 0 Å². The quantitative estimate of drug-likeness (QED) is 0.916. The highest BCUT2D eigenvalue weighted by Crippen LogP contribution is 2.16. The summed E-state index contributed by atoms with van der Waals surface area (Å²) in [6.07, 6.45) is 0. The monoisotopic (exact) mass is 257 g/mol. The zero-order chi connectivity index (χ0) is 13.7. The SMILES string of the molecule is N#Cc1cc(F)ccc1COc1ccc(CO)cc1. The van der Waals surface area contributed by atoms with E-state index in [9.17, 15) is 4.39 Å². The van der Waals surface area contributed by atoms with Gasteiger partial charge in [0.25, 0.3) is 0 Å². The Hall–Kier alpha value is -2.38. The smallest absolute Gasteiger partial charge is 0.124 e. The number of aliphatic hydroxyl groups is 1. The van der Waals surface area contributed by atoms with Crippen LogP contribution in [0.15, 0.2) is 42.5 Å². The van der Waals surface area contributed by atoms with E-state index in [1.165, 1.54) is 18.2 Å². The molecule has 0 saturated heterocycles. The Morgan fingerprint density at radius 3 is 2.53 bits per heavy atom. The summed E-state index contributed by atoms with van der Waals surface area (Å²) in [4.78, 5) is 0. The van der Waals surface area contributed by atoms with Crippen molar-refractivity contribution < 1.29 is 14.2 Å². The minimum Gasteiger partial charge on any atom is -0.489 e. The molecule has 2 aromatic rings. The van der Waals surface area contributed by atoms with Gasteiger partial charge in [-0.2, -0.15) is 5.26 Å². The molecule has 0 aliphatic rings. The molecule has 2 rings (SSSR count). The van der Waals surface area contributed by atoms with Crippen LogP contribution in [0.25, 0.3) is 0 Å². The molecule has 0 radical (unpaired) electrons. The lowest BCUT2D eigenvalue weighted by Gasteiger charge is -2.08. The van der Waals surface area contributed by atoms with E-state index in [-0.39, 0.29) is 18.8 Å².